The fourth-order valence-electron chi connectivity index (χ4n) is 1.77. The third kappa shape index (κ3) is 1.29. The fourth-order valence-corrected chi connectivity index (χ4v) is 2.51. The van der Waals surface area contributed by atoms with Gasteiger partial charge in [0.15, 0.2) is 11.5 Å². The molecule has 4 heteroatoms. The van der Waals surface area contributed by atoms with Crippen molar-refractivity contribution < 1.29 is 10.2 Å². The number of phenols is 2. The summed E-state index contributed by atoms with van der Waals surface area (Å²) < 4.78 is 0.816. The fraction of sp³-hybridized carbons (Fsp3) is 0.400. The third-order valence-corrected chi connectivity index (χ3v) is 3.54. The van der Waals surface area contributed by atoms with Gasteiger partial charge < -0.3 is 15.9 Å². The highest BCUT2D eigenvalue weighted by Gasteiger charge is 2.46. The SMILES string of the molecule is NCC1(c2c(Br)ccc(O)c2O)CC1. The molecule has 76 valence electrons. The third-order valence-electron chi connectivity index (χ3n) is 2.88. The summed E-state index contributed by atoms with van der Waals surface area (Å²) in [6.45, 7) is 0.503. The van der Waals surface area contributed by atoms with Crippen LogP contribution in [-0.2, 0) is 5.41 Å². The first-order chi connectivity index (χ1) is 6.60. The first kappa shape index (κ1) is 9.80. The first-order valence-corrected chi connectivity index (χ1v) is 5.31. The van der Waals surface area contributed by atoms with Crippen molar-refractivity contribution in [3.8, 4) is 11.5 Å². The molecule has 1 fully saturated rings. The van der Waals surface area contributed by atoms with E-state index in [4.69, 9.17) is 5.73 Å². The van der Waals surface area contributed by atoms with E-state index in [1.807, 2.05) is 0 Å². The molecule has 1 aromatic carbocycles. The molecular formula is C10H12BrNO2. The van der Waals surface area contributed by atoms with Gasteiger partial charge in [-0.15, -0.1) is 0 Å². The second-order valence-corrected chi connectivity index (χ2v) is 4.63. The Bertz CT molecular complexity index is 375. The van der Waals surface area contributed by atoms with Crippen LogP contribution in [0.4, 0.5) is 0 Å². The molecule has 0 aromatic heterocycles. The molecule has 1 saturated carbocycles. The van der Waals surface area contributed by atoms with E-state index in [2.05, 4.69) is 15.9 Å². The van der Waals surface area contributed by atoms with Crippen molar-refractivity contribution in [1.29, 1.82) is 0 Å². The molecule has 1 aromatic rings. The van der Waals surface area contributed by atoms with Crippen molar-refractivity contribution in [1.82, 2.24) is 0 Å². The van der Waals surface area contributed by atoms with E-state index in [-0.39, 0.29) is 16.9 Å². The Morgan fingerprint density at radius 2 is 2.00 bits per heavy atom. The second kappa shape index (κ2) is 3.14. The van der Waals surface area contributed by atoms with Crippen molar-refractivity contribution >= 4 is 15.9 Å². The monoisotopic (exact) mass is 257 g/mol. The first-order valence-electron chi connectivity index (χ1n) is 4.52. The summed E-state index contributed by atoms with van der Waals surface area (Å²) in [5.41, 5.74) is 6.30. The van der Waals surface area contributed by atoms with Crippen molar-refractivity contribution in [3.63, 3.8) is 0 Å². The van der Waals surface area contributed by atoms with Gasteiger partial charge in [0.25, 0.3) is 0 Å². The number of aromatic hydroxyl groups is 2. The molecule has 2 rings (SSSR count). The Labute approximate surface area is 90.7 Å². The lowest BCUT2D eigenvalue weighted by molar-refractivity contribution is 0.394. The molecule has 0 aliphatic heterocycles. The lowest BCUT2D eigenvalue weighted by atomic mass is 9.95. The topological polar surface area (TPSA) is 66.5 Å². The zero-order chi connectivity index (χ0) is 10.3. The van der Waals surface area contributed by atoms with Crippen molar-refractivity contribution in [2.75, 3.05) is 6.54 Å². The van der Waals surface area contributed by atoms with Crippen LogP contribution in [0.25, 0.3) is 0 Å². The molecule has 0 amide bonds. The van der Waals surface area contributed by atoms with Crippen molar-refractivity contribution in [2.24, 2.45) is 5.73 Å². The highest BCUT2D eigenvalue weighted by Crippen LogP contribution is 2.54. The molecule has 3 nitrogen and oxygen atoms in total. The summed E-state index contributed by atoms with van der Waals surface area (Å²) in [4.78, 5) is 0. The van der Waals surface area contributed by atoms with Crippen LogP contribution in [0.15, 0.2) is 16.6 Å². The van der Waals surface area contributed by atoms with Crippen LogP contribution in [0, 0.1) is 0 Å². The largest absolute Gasteiger partial charge is 0.504 e. The van der Waals surface area contributed by atoms with Crippen LogP contribution in [0.1, 0.15) is 18.4 Å². The number of rotatable bonds is 2. The van der Waals surface area contributed by atoms with E-state index >= 15 is 0 Å². The molecule has 0 unspecified atom stereocenters. The zero-order valence-electron chi connectivity index (χ0n) is 7.63. The van der Waals surface area contributed by atoms with E-state index in [1.54, 1.807) is 6.07 Å². The van der Waals surface area contributed by atoms with Crippen LogP contribution in [-0.4, -0.2) is 16.8 Å². The standard InChI is InChI=1S/C10H12BrNO2/c11-6-1-2-7(13)9(14)8(6)10(5-12)3-4-10/h1-2,13-14H,3-5,12H2. The molecular weight excluding hydrogens is 246 g/mol. The molecule has 0 saturated heterocycles. The quantitative estimate of drug-likeness (QED) is 0.709. The molecule has 0 spiro atoms. The van der Waals surface area contributed by atoms with Crippen molar-refractivity contribution in [3.05, 3.63) is 22.2 Å². The van der Waals surface area contributed by atoms with Gasteiger partial charge in [-0.25, -0.2) is 0 Å². The van der Waals surface area contributed by atoms with Gasteiger partial charge >= 0.3 is 0 Å². The van der Waals surface area contributed by atoms with E-state index in [0.29, 0.717) is 6.54 Å². The number of hydrogen-bond donors (Lipinski definition) is 3. The molecule has 1 aliphatic rings. The molecule has 4 N–H and O–H groups in total. The Morgan fingerprint density at radius 3 is 2.50 bits per heavy atom. The minimum atomic E-state index is -0.123. The number of phenolic OH excluding ortho intramolecular Hbond substituents is 2. The summed E-state index contributed by atoms with van der Waals surface area (Å²) in [7, 11) is 0. The molecule has 0 atom stereocenters. The van der Waals surface area contributed by atoms with Gasteiger partial charge in [-0.05, 0) is 25.0 Å². The number of hydrogen-bond acceptors (Lipinski definition) is 3. The average molecular weight is 258 g/mol. The predicted molar refractivity (Wildman–Crippen MR) is 57.4 cm³/mol. The van der Waals surface area contributed by atoms with Crippen LogP contribution in [0.5, 0.6) is 11.5 Å². The van der Waals surface area contributed by atoms with Crippen LogP contribution in [0.2, 0.25) is 0 Å². The Hall–Kier alpha value is -0.740. The Morgan fingerprint density at radius 1 is 1.36 bits per heavy atom. The molecule has 14 heavy (non-hydrogen) atoms. The van der Waals surface area contributed by atoms with E-state index in [1.165, 1.54) is 6.07 Å². The van der Waals surface area contributed by atoms with Crippen LogP contribution < -0.4 is 5.73 Å². The lowest BCUT2D eigenvalue weighted by Crippen LogP contribution is -2.20. The zero-order valence-corrected chi connectivity index (χ0v) is 9.21. The van der Waals surface area contributed by atoms with Gasteiger partial charge in [-0.2, -0.15) is 0 Å². The van der Waals surface area contributed by atoms with E-state index < -0.39 is 0 Å². The maximum Gasteiger partial charge on any atom is 0.162 e. The lowest BCUT2D eigenvalue weighted by Gasteiger charge is -2.17. The maximum atomic E-state index is 9.75. The van der Waals surface area contributed by atoms with Gasteiger partial charge in [0.2, 0.25) is 0 Å². The maximum absolute atomic E-state index is 9.75. The van der Waals surface area contributed by atoms with Crippen LogP contribution >= 0.6 is 15.9 Å². The molecule has 0 radical (unpaired) electrons. The molecule has 1 aliphatic carbocycles. The normalized spacial score (nSPS) is 18.1. The number of benzene rings is 1. The highest BCUT2D eigenvalue weighted by molar-refractivity contribution is 9.10. The van der Waals surface area contributed by atoms with Gasteiger partial charge in [0.05, 0.1) is 0 Å². The van der Waals surface area contributed by atoms with E-state index in [9.17, 15) is 10.2 Å². The summed E-state index contributed by atoms with van der Waals surface area (Å²) in [5.74, 6) is -0.120. The smallest absolute Gasteiger partial charge is 0.162 e. The average Bonchev–Trinajstić information content (AvgIpc) is 2.93. The summed E-state index contributed by atoms with van der Waals surface area (Å²) in [6.07, 6.45) is 1.94. The number of nitrogens with two attached hydrogens (primary N) is 1. The summed E-state index contributed by atoms with van der Waals surface area (Å²) >= 11 is 3.37. The predicted octanol–water partition coefficient (Wildman–Crippen LogP) is 1.85. The van der Waals surface area contributed by atoms with E-state index in [0.717, 1.165) is 22.9 Å². The van der Waals surface area contributed by atoms with Crippen molar-refractivity contribution in [2.45, 2.75) is 18.3 Å². The molecule has 0 bridgehead atoms. The Balaban J connectivity index is 2.57. The number of halogens is 1. The minimum Gasteiger partial charge on any atom is -0.504 e. The van der Waals surface area contributed by atoms with Crippen LogP contribution in [0.3, 0.4) is 0 Å². The van der Waals surface area contributed by atoms with Gasteiger partial charge in [0, 0.05) is 22.0 Å². The van der Waals surface area contributed by atoms with Gasteiger partial charge in [-0.3, -0.25) is 0 Å². The minimum absolute atomic E-state index is 0.0395. The summed E-state index contributed by atoms with van der Waals surface area (Å²) in [5, 5.41) is 19.1. The summed E-state index contributed by atoms with van der Waals surface area (Å²) in [6, 6.07) is 3.20. The van der Waals surface area contributed by atoms with Gasteiger partial charge in [0.1, 0.15) is 0 Å². The highest BCUT2D eigenvalue weighted by atomic mass is 79.9. The molecule has 0 heterocycles. The van der Waals surface area contributed by atoms with Gasteiger partial charge in [-0.1, -0.05) is 15.9 Å². The Kier molecular flexibility index (Phi) is 2.20. The second-order valence-electron chi connectivity index (χ2n) is 3.77.